The first kappa shape index (κ1) is 19.9. The highest BCUT2D eigenvalue weighted by atomic mass is 19.1. The van der Waals surface area contributed by atoms with E-state index in [2.05, 4.69) is 15.0 Å². The number of aliphatic hydroxyl groups excluding tert-OH is 1. The van der Waals surface area contributed by atoms with Gasteiger partial charge in [-0.15, -0.1) is 0 Å². The SMILES string of the molecule is O=C1C(=O)N(c2nc3ccc(F)cc3[nH]2)C(c2ccccc2)/C1=C(\O)c1c[nH]c2ccccc12. The van der Waals surface area contributed by atoms with Crippen LogP contribution < -0.4 is 4.90 Å². The van der Waals surface area contributed by atoms with Crippen LogP contribution in [0.3, 0.4) is 0 Å². The van der Waals surface area contributed by atoms with Crippen LogP contribution in [0.15, 0.2) is 84.6 Å². The molecule has 34 heavy (non-hydrogen) atoms. The lowest BCUT2D eigenvalue weighted by Gasteiger charge is -2.22. The largest absolute Gasteiger partial charge is 0.507 e. The van der Waals surface area contributed by atoms with E-state index in [4.69, 9.17) is 0 Å². The van der Waals surface area contributed by atoms with Gasteiger partial charge in [-0.2, -0.15) is 0 Å². The molecule has 3 N–H and O–H groups in total. The van der Waals surface area contributed by atoms with E-state index >= 15 is 0 Å². The van der Waals surface area contributed by atoms with Crippen LogP contribution in [-0.2, 0) is 9.59 Å². The van der Waals surface area contributed by atoms with Crippen molar-refractivity contribution >= 4 is 45.3 Å². The zero-order valence-electron chi connectivity index (χ0n) is 17.6. The number of imidazole rings is 1. The summed E-state index contributed by atoms with van der Waals surface area (Å²) in [6.07, 6.45) is 1.61. The van der Waals surface area contributed by atoms with E-state index in [0.29, 0.717) is 22.2 Å². The van der Waals surface area contributed by atoms with Crippen LogP contribution in [0.1, 0.15) is 17.2 Å². The van der Waals surface area contributed by atoms with Gasteiger partial charge in [0.15, 0.2) is 0 Å². The van der Waals surface area contributed by atoms with Crippen LogP contribution >= 0.6 is 0 Å². The standard InChI is InChI=1S/C26H17FN4O3/c27-15-10-11-19-20(12-15)30-26(29-19)31-22(14-6-2-1-3-7-14)21(24(33)25(31)34)23(32)17-13-28-18-9-5-4-8-16(17)18/h1-13,22,28,32H,(H,29,30)/b23-21+. The number of aliphatic hydroxyl groups is 1. The number of rotatable bonds is 3. The molecule has 1 unspecified atom stereocenters. The maximum absolute atomic E-state index is 13.7. The van der Waals surface area contributed by atoms with Crippen molar-refractivity contribution < 1.29 is 19.1 Å². The summed E-state index contributed by atoms with van der Waals surface area (Å²) < 4.78 is 13.7. The van der Waals surface area contributed by atoms with Crippen LogP contribution in [-0.4, -0.2) is 31.7 Å². The quantitative estimate of drug-likeness (QED) is 0.208. The summed E-state index contributed by atoms with van der Waals surface area (Å²) in [5.41, 5.74) is 2.61. The van der Waals surface area contributed by atoms with Crippen molar-refractivity contribution in [2.75, 3.05) is 4.90 Å². The summed E-state index contributed by atoms with van der Waals surface area (Å²) in [7, 11) is 0. The Morgan fingerprint density at radius 3 is 2.56 bits per heavy atom. The van der Waals surface area contributed by atoms with Crippen molar-refractivity contribution in [2.45, 2.75) is 6.04 Å². The Morgan fingerprint density at radius 2 is 1.74 bits per heavy atom. The Morgan fingerprint density at radius 1 is 0.971 bits per heavy atom. The lowest BCUT2D eigenvalue weighted by Crippen LogP contribution is -2.30. The predicted molar refractivity (Wildman–Crippen MR) is 126 cm³/mol. The van der Waals surface area contributed by atoms with E-state index in [1.807, 2.05) is 30.3 Å². The van der Waals surface area contributed by atoms with Crippen LogP contribution in [0.5, 0.6) is 0 Å². The first-order valence-electron chi connectivity index (χ1n) is 10.6. The van der Waals surface area contributed by atoms with Crippen molar-refractivity contribution in [3.8, 4) is 0 Å². The van der Waals surface area contributed by atoms with Gasteiger partial charge in [0.25, 0.3) is 5.78 Å². The molecule has 1 aliphatic heterocycles. The number of carbonyl (C=O) groups excluding carboxylic acids is 2. The molecule has 2 aromatic heterocycles. The average molecular weight is 452 g/mol. The molecule has 1 saturated heterocycles. The molecule has 6 rings (SSSR count). The normalized spacial score (nSPS) is 17.8. The third-order valence-corrected chi connectivity index (χ3v) is 6.06. The summed E-state index contributed by atoms with van der Waals surface area (Å²) >= 11 is 0. The Hall–Kier alpha value is -4.72. The molecule has 5 aromatic rings. The molecule has 8 heteroatoms. The van der Waals surface area contributed by atoms with Crippen LogP contribution in [0, 0.1) is 5.82 Å². The third-order valence-electron chi connectivity index (χ3n) is 6.06. The van der Waals surface area contributed by atoms with Crippen LogP contribution in [0.25, 0.3) is 27.7 Å². The van der Waals surface area contributed by atoms with Crippen LogP contribution in [0.2, 0.25) is 0 Å². The lowest BCUT2D eigenvalue weighted by atomic mass is 9.95. The van der Waals surface area contributed by atoms with Gasteiger partial charge >= 0.3 is 5.91 Å². The van der Waals surface area contributed by atoms with Crippen molar-refractivity contribution in [3.05, 3.63) is 102 Å². The Bertz CT molecular complexity index is 1630. The monoisotopic (exact) mass is 452 g/mol. The minimum Gasteiger partial charge on any atom is -0.507 e. The lowest BCUT2D eigenvalue weighted by molar-refractivity contribution is -0.132. The predicted octanol–water partition coefficient (Wildman–Crippen LogP) is 4.81. The average Bonchev–Trinajstić information content (AvgIpc) is 3.53. The number of amides is 1. The van der Waals surface area contributed by atoms with E-state index in [0.717, 1.165) is 10.9 Å². The fourth-order valence-corrected chi connectivity index (χ4v) is 4.50. The summed E-state index contributed by atoms with van der Waals surface area (Å²) in [4.78, 5) is 38.2. The van der Waals surface area contributed by atoms with E-state index < -0.39 is 23.5 Å². The highest BCUT2D eigenvalue weighted by molar-refractivity contribution is 6.51. The van der Waals surface area contributed by atoms with Crippen LogP contribution in [0.4, 0.5) is 10.3 Å². The fourth-order valence-electron chi connectivity index (χ4n) is 4.50. The minimum absolute atomic E-state index is 0.0485. The summed E-state index contributed by atoms with van der Waals surface area (Å²) in [6, 6.07) is 19.4. The molecule has 7 nitrogen and oxygen atoms in total. The van der Waals surface area contributed by atoms with Gasteiger partial charge in [-0.25, -0.2) is 9.37 Å². The number of aromatic amines is 2. The Kier molecular flexibility index (Phi) is 4.35. The molecule has 0 saturated carbocycles. The van der Waals surface area contributed by atoms with Crippen molar-refractivity contribution in [2.24, 2.45) is 0 Å². The van der Waals surface area contributed by atoms with Crippen molar-refractivity contribution in [3.63, 3.8) is 0 Å². The van der Waals surface area contributed by atoms with Gasteiger partial charge in [0.2, 0.25) is 5.95 Å². The van der Waals surface area contributed by atoms with E-state index in [-0.39, 0.29) is 17.3 Å². The number of para-hydroxylation sites is 1. The molecule has 166 valence electrons. The van der Waals surface area contributed by atoms with Gasteiger partial charge in [-0.05, 0) is 29.8 Å². The molecular weight excluding hydrogens is 435 g/mol. The number of ketones is 1. The molecule has 0 spiro atoms. The highest BCUT2D eigenvalue weighted by Crippen LogP contribution is 2.42. The van der Waals surface area contributed by atoms with E-state index in [9.17, 15) is 19.1 Å². The number of Topliss-reactive ketones (excluding diaryl/α,β-unsaturated/α-hetero) is 1. The number of H-pyrrole nitrogens is 2. The first-order chi connectivity index (χ1) is 16.5. The zero-order chi connectivity index (χ0) is 23.4. The maximum atomic E-state index is 13.7. The number of aromatic nitrogens is 3. The number of benzene rings is 3. The molecule has 1 fully saturated rings. The first-order valence-corrected chi connectivity index (χ1v) is 10.6. The number of anilines is 1. The van der Waals surface area contributed by atoms with Gasteiger partial charge in [0.05, 0.1) is 22.6 Å². The second kappa shape index (κ2) is 7.41. The van der Waals surface area contributed by atoms with Crippen molar-refractivity contribution in [1.82, 2.24) is 15.0 Å². The summed E-state index contributed by atoms with van der Waals surface area (Å²) in [5.74, 6) is -2.31. The van der Waals surface area contributed by atoms with Crippen molar-refractivity contribution in [1.29, 1.82) is 0 Å². The third kappa shape index (κ3) is 2.92. The molecule has 0 aliphatic carbocycles. The van der Waals surface area contributed by atoms with E-state index in [1.165, 1.54) is 23.1 Å². The fraction of sp³-hybridized carbons (Fsp3) is 0.0385. The second-order valence-corrected chi connectivity index (χ2v) is 8.05. The second-order valence-electron chi connectivity index (χ2n) is 8.05. The summed E-state index contributed by atoms with van der Waals surface area (Å²) in [5, 5.41) is 12.1. The summed E-state index contributed by atoms with van der Waals surface area (Å²) in [6.45, 7) is 0. The topological polar surface area (TPSA) is 102 Å². The van der Waals surface area contributed by atoms with Gasteiger partial charge in [-0.1, -0.05) is 48.5 Å². The molecule has 1 atom stereocenters. The smallest absolute Gasteiger partial charge is 0.302 e. The maximum Gasteiger partial charge on any atom is 0.302 e. The number of hydrogen-bond donors (Lipinski definition) is 3. The Balaban J connectivity index is 1.59. The minimum atomic E-state index is -0.930. The molecule has 1 aliphatic rings. The Labute approximate surface area is 192 Å². The number of nitrogens with zero attached hydrogens (tertiary/aromatic N) is 2. The van der Waals surface area contributed by atoms with Gasteiger partial charge in [0, 0.05) is 22.7 Å². The number of nitrogens with one attached hydrogen (secondary N) is 2. The zero-order valence-corrected chi connectivity index (χ0v) is 17.6. The van der Waals surface area contributed by atoms with E-state index in [1.54, 1.807) is 30.5 Å². The highest BCUT2D eigenvalue weighted by Gasteiger charge is 2.48. The molecule has 0 radical (unpaired) electrons. The van der Waals surface area contributed by atoms with Gasteiger partial charge in [-0.3, -0.25) is 14.5 Å². The molecular formula is C26H17FN4O3. The number of hydrogen-bond acceptors (Lipinski definition) is 4. The number of carbonyl (C=O) groups is 2. The molecule has 1 amide bonds. The molecule has 3 aromatic carbocycles. The van der Waals surface area contributed by atoms with Gasteiger partial charge in [0.1, 0.15) is 11.6 Å². The number of fused-ring (bicyclic) bond motifs is 2. The number of halogens is 1. The van der Waals surface area contributed by atoms with Gasteiger partial charge < -0.3 is 15.1 Å². The molecule has 0 bridgehead atoms. The molecule has 3 heterocycles.